The minimum atomic E-state index is 0.0687. The molecule has 0 radical (unpaired) electrons. The molecular weight excluding hydrogens is 393 g/mol. The Balaban J connectivity index is 1.83. The molecule has 0 unspecified atom stereocenters. The van der Waals surface area contributed by atoms with Crippen LogP contribution in [-0.2, 0) is 4.79 Å². The Bertz CT molecular complexity index is 528. The molecule has 1 heterocycles. The van der Waals surface area contributed by atoms with Crippen LogP contribution in [0, 0.1) is 3.57 Å². The highest BCUT2D eigenvalue weighted by molar-refractivity contribution is 14.1. The van der Waals surface area contributed by atoms with E-state index in [1.807, 2.05) is 36.1 Å². The van der Waals surface area contributed by atoms with Crippen LogP contribution in [0.1, 0.15) is 23.7 Å². The number of rotatable bonds is 5. The highest BCUT2D eigenvalue weighted by Gasteiger charge is 2.24. The van der Waals surface area contributed by atoms with Crippen molar-refractivity contribution in [3.05, 3.63) is 33.4 Å². The summed E-state index contributed by atoms with van der Waals surface area (Å²) in [5.74, 6) is 0.152. The Morgan fingerprint density at radius 2 is 1.86 bits per heavy atom. The van der Waals surface area contributed by atoms with Crippen molar-refractivity contribution < 1.29 is 9.59 Å². The SMILES string of the molecule is CCCNC(=O)CN1CCN(C(=O)c2ccccc2I)CC1. The average Bonchev–Trinajstić information content (AvgIpc) is 2.53. The lowest BCUT2D eigenvalue weighted by atomic mass is 10.2. The fourth-order valence-electron chi connectivity index (χ4n) is 2.44. The van der Waals surface area contributed by atoms with Crippen LogP contribution in [0.5, 0.6) is 0 Å². The van der Waals surface area contributed by atoms with Crippen LogP contribution in [0.15, 0.2) is 24.3 Å². The zero-order valence-corrected chi connectivity index (χ0v) is 15.0. The van der Waals surface area contributed by atoms with Crippen molar-refractivity contribution in [2.45, 2.75) is 13.3 Å². The third kappa shape index (κ3) is 4.67. The molecule has 1 aromatic rings. The van der Waals surface area contributed by atoms with Crippen LogP contribution in [0.2, 0.25) is 0 Å². The van der Waals surface area contributed by atoms with Gasteiger partial charge in [-0.25, -0.2) is 0 Å². The van der Waals surface area contributed by atoms with Gasteiger partial charge in [0.25, 0.3) is 5.91 Å². The van der Waals surface area contributed by atoms with Gasteiger partial charge in [0, 0.05) is 36.3 Å². The number of hydrogen-bond acceptors (Lipinski definition) is 3. The first-order valence-corrected chi connectivity index (χ1v) is 8.72. The summed E-state index contributed by atoms with van der Waals surface area (Å²) in [6, 6.07) is 7.64. The Hall–Kier alpha value is -1.15. The molecule has 1 aliphatic rings. The molecular formula is C16H22IN3O2. The number of carbonyl (C=O) groups excluding carboxylic acids is 2. The summed E-state index contributed by atoms with van der Waals surface area (Å²) in [6.45, 7) is 6.02. The molecule has 0 bridgehead atoms. The molecule has 2 rings (SSSR count). The molecule has 1 fully saturated rings. The molecule has 0 saturated carbocycles. The molecule has 1 saturated heterocycles. The Labute approximate surface area is 145 Å². The van der Waals surface area contributed by atoms with Crippen molar-refractivity contribution in [2.24, 2.45) is 0 Å². The second-order valence-corrected chi connectivity index (χ2v) is 6.56. The zero-order chi connectivity index (χ0) is 15.9. The summed E-state index contributed by atoms with van der Waals surface area (Å²) >= 11 is 2.19. The first-order chi connectivity index (χ1) is 10.6. The molecule has 120 valence electrons. The van der Waals surface area contributed by atoms with Gasteiger partial charge in [0.1, 0.15) is 0 Å². The second-order valence-electron chi connectivity index (χ2n) is 5.40. The van der Waals surface area contributed by atoms with E-state index in [2.05, 4.69) is 32.8 Å². The lowest BCUT2D eigenvalue weighted by Crippen LogP contribution is -2.51. The van der Waals surface area contributed by atoms with E-state index in [4.69, 9.17) is 0 Å². The van der Waals surface area contributed by atoms with E-state index in [0.29, 0.717) is 19.6 Å². The molecule has 1 aliphatic heterocycles. The van der Waals surface area contributed by atoms with Crippen molar-refractivity contribution in [2.75, 3.05) is 39.3 Å². The van der Waals surface area contributed by atoms with Gasteiger partial charge in [0.2, 0.25) is 5.91 Å². The van der Waals surface area contributed by atoms with Gasteiger partial charge >= 0.3 is 0 Å². The minimum Gasteiger partial charge on any atom is -0.355 e. The number of hydrogen-bond donors (Lipinski definition) is 1. The summed E-state index contributed by atoms with van der Waals surface area (Å²) in [5.41, 5.74) is 0.761. The van der Waals surface area contributed by atoms with Gasteiger partial charge in [-0.05, 0) is 41.1 Å². The van der Waals surface area contributed by atoms with Crippen molar-refractivity contribution in [3.63, 3.8) is 0 Å². The fourth-order valence-corrected chi connectivity index (χ4v) is 3.06. The van der Waals surface area contributed by atoms with Crippen molar-refractivity contribution >= 4 is 34.4 Å². The highest BCUT2D eigenvalue weighted by atomic mass is 127. The zero-order valence-electron chi connectivity index (χ0n) is 12.8. The predicted molar refractivity (Wildman–Crippen MR) is 94.8 cm³/mol. The van der Waals surface area contributed by atoms with Gasteiger partial charge < -0.3 is 10.2 Å². The van der Waals surface area contributed by atoms with Crippen molar-refractivity contribution in [1.82, 2.24) is 15.1 Å². The first-order valence-electron chi connectivity index (χ1n) is 7.64. The lowest BCUT2D eigenvalue weighted by Gasteiger charge is -2.34. The van der Waals surface area contributed by atoms with E-state index < -0.39 is 0 Å². The largest absolute Gasteiger partial charge is 0.355 e. The Morgan fingerprint density at radius 1 is 1.18 bits per heavy atom. The van der Waals surface area contributed by atoms with Gasteiger partial charge in [0.15, 0.2) is 0 Å². The summed E-state index contributed by atoms with van der Waals surface area (Å²) in [7, 11) is 0. The highest BCUT2D eigenvalue weighted by Crippen LogP contribution is 2.15. The third-order valence-electron chi connectivity index (χ3n) is 3.70. The van der Waals surface area contributed by atoms with Gasteiger partial charge in [-0.3, -0.25) is 14.5 Å². The van der Waals surface area contributed by atoms with E-state index in [1.165, 1.54) is 0 Å². The van der Waals surface area contributed by atoms with E-state index in [0.717, 1.165) is 35.2 Å². The first kappa shape index (κ1) is 17.2. The molecule has 5 nitrogen and oxygen atoms in total. The molecule has 0 aromatic heterocycles. The van der Waals surface area contributed by atoms with Crippen molar-refractivity contribution in [3.8, 4) is 0 Å². The number of carbonyl (C=O) groups is 2. The normalized spacial score (nSPS) is 15.6. The molecule has 1 N–H and O–H groups in total. The summed E-state index contributed by atoms with van der Waals surface area (Å²) in [5, 5.41) is 2.88. The van der Waals surface area contributed by atoms with Gasteiger partial charge in [-0.15, -0.1) is 0 Å². The smallest absolute Gasteiger partial charge is 0.255 e. The fraction of sp³-hybridized carbons (Fsp3) is 0.500. The molecule has 0 aliphatic carbocycles. The number of piperazine rings is 1. The molecule has 22 heavy (non-hydrogen) atoms. The van der Waals surface area contributed by atoms with E-state index in [9.17, 15) is 9.59 Å². The summed E-state index contributed by atoms with van der Waals surface area (Å²) < 4.78 is 0.978. The summed E-state index contributed by atoms with van der Waals surface area (Å²) in [4.78, 5) is 28.2. The maximum absolute atomic E-state index is 12.5. The minimum absolute atomic E-state index is 0.0687. The van der Waals surface area contributed by atoms with Crippen LogP contribution in [0.25, 0.3) is 0 Å². The van der Waals surface area contributed by atoms with E-state index in [-0.39, 0.29) is 11.8 Å². The van der Waals surface area contributed by atoms with Crippen LogP contribution in [0.4, 0.5) is 0 Å². The summed E-state index contributed by atoms with van der Waals surface area (Å²) in [6.07, 6.45) is 0.948. The number of halogens is 1. The number of amides is 2. The number of benzene rings is 1. The third-order valence-corrected chi connectivity index (χ3v) is 4.64. The van der Waals surface area contributed by atoms with Crippen LogP contribution in [-0.4, -0.2) is 60.9 Å². The van der Waals surface area contributed by atoms with Gasteiger partial charge in [-0.1, -0.05) is 19.1 Å². The predicted octanol–water partition coefficient (Wildman–Crippen LogP) is 1.58. The van der Waals surface area contributed by atoms with Crippen LogP contribution >= 0.6 is 22.6 Å². The average molecular weight is 415 g/mol. The molecule has 1 aromatic carbocycles. The standard InChI is InChI=1S/C16H22IN3O2/c1-2-7-18-15(21)12-19-8-10-20(11-9-19)16(22)13-5-3-4-6-14(13)17/h3-6H,2,7-12H2,1H3,(H,18,21). The number of nitrogens with zero attached hydrogens (tertiary/aromatic N) is 2. The lowest BCUT2D eigenvalue weighted by molar-refractivity contribution is -0.122. The van der Waals surface area contributed by atoms with E-state index >= 15 is 0 Å². The van der Waals surface area contributed by atoms with Crippen LogP contribution in [0.3, 0.4) is 0 Å². The van der Waals surface area contributed by atoms with Crippen molar-refractivity contribution in [1.29, 1.82) is 0 Å². The monoisotopic (exact) mass is 415 g/mol. The quantitative estimate of drug-likeness (QED) is 0.744. The second kappa shape index (κ2) is 8.47. The molecule has 0 spiro atoms. The van der Waals surface area contributed by atoms with E-state index in [1.54, 1.807) is 0 Å². The maximum atomic E-state index is 12.5. The maximum Gasteiger partial charge on any atom is 0.255 e. The Morgan fingerprint density at radius 3 is 2.50 bits per heavy atom. The topological polar surface area (TPSA) is 52.7 Å². The molecule has 2 amide bonds. The van der Waals surface area contributed by atoms with Gasteiger partial charge in [-0.2, -0.15) is 0 Å². The molecule has 0 atom stereocenters. The molecule has 6 heteroatoms. The Kier molecular flexibility index (Phi) is 6.63. The van der Waals surface area contributed by atoms with Crippen LogP contribution < -0.4 is 5.32 Å². The van der Waals surface area contributed by atoms with Gasteiger partial charge in [0.05, 0.1) is 12.1 Å². The number of nitrogens with one attached hydrogen (secondary N) is 1.